The number of carbonyl (C=O) groups is 1. The Morgan fingerprint density at radius 2 is 1.95 bits per heavy atom. The quantitative estimate of drug-likeness (QED) is 0.838. The van der Waals surface area contributed by atoms with Crippen LogP contribution in [-0.4, -0.2) is 36.8 Å². The Kier molecular flexibility index (Phi) is 5.04. The summed E-state index contributed by atoms with van der Waals surface area (Å²) in [6.45, 7) is 4.50. The maximum atomic E-state index is 12.5. The Labute approximate surface area is 127 Å². The monoisotopic (exact) mass is 309 g/mol. The molecule has 5 heteroatoms. The van der Waals surface area contributed by atoms with Crippen LogP contribution in [0.25, 0.3) is 0 Å². The number of nitrogens with zero attached hydrogens (tertiary/aromatic N) is 1. The first kappa shape index (κ1) is 16.0. The van der Waals surface area contributed by atoms with Crippen molar-refractivity contribution in [2.45, 2.75) is 39.3 Å². The highest BCUT2D eigenvalue weighted by Crippen LogP contribution is 2.22. The molecule has 0 bridgehead atoms. The highest BCUT2D eigenvalue weighted by atomic mass is 32.2. The second-order valence-electron chi connectivity index (χ2n) is 6.16. The van der Waals surface area contributed by atoms with Gasteiger partial charge >= 0.3 is 0 Å². The first-order valence-electron chi connectivity index (χ1n) is 7.41. The van der Waals surface area contributed by atoms with Gasteiger partial charge in [-0.05, 0) is 17.9 Å². The molecule has 2 rings (SSSR count). The number of carbonyl (C=O) groups excluding carboxylic acids is 1. The molecule has 4 nitrogen and oxygen atoms in total. The van der Waals surface area contributed by atoms with Crippen LogP contribution < -0.4 is 0 Å². The predicted octanol–water partition coefficient (Wildman–Crippen LogP) is 2.25. The lowest BCUT2D eigenvalue weighted by Crippen LogP contribution is -2.41. The minimum atomic E-state index is -2.99. The minimum absolute atomic E-state index is 0.0518. The Bertz CT molecular complexity index is 581. The SMILES string of the molecule is CC(C)CC(=O)N(Cc1ccccc1)[C@@H]1CCS(=O)(=O)C1. The Hall–Kier alpha value is -1.36. The predicted molar refractivity (Wildman–Crippen MR) is 83.5 cm³/mol. The Morgan fingerprint density at radius 3 is 2.48 bits per heavy atom. The number of rotatable bonds is 5. The van der Waals surface area contributed by atoms with Crippen LogP contribution in [0.3, 0.4) is 0 Å². The molecular formula is C16H23NO3S. The molecule has 0 N–H and O–H groups in total. The van der Waals surface area contributed by atoms with E-state index < -0.39 is 9.84 Å². The summed E-state index contributed by atoms with van der Waals surface area (Å²) >= 11 is 0. The molecule has 0 aliphatic carbocycles. The van der Waals surface area contributed by atoms with Crippen LogP contribution in [0.1, 0.15) is 32.3 Å². The summed E-state index contributed by atoms with van der Waals surface area (Å²) in [6.07, 6.45) is 1.02. The number of benzene rings is 1. The maximum Gasteiger partial charge on any atom is 0.223 e. The smallest absolute Gasteiger partial charge is 0.223 e. The van der Waals surface area contributed by atoms with E-state index in [2.05, 4.69) is 0 Å². The first-order valence-corrected chi connectivity index (χ1v) is 9.23. The summed E-state index contributed by atoms with van der Waals surface area (Å²) in [5.41, 5.74) is 1.04. The molecule has 1 aliphatic rings. The second kappa shape index (κ2) is 6.60. The maximum absolute atomic E-state index is 12.5. The molecule has 1 fully saturated rings. The number of amides is 1. The summed E-state index contributed by atoms with van der Waals surface area (Å²) in [5, 5.41) is 0. The molecule has 1 saturated heterocycles. The van der Waals surface area contributed by atoms with Gasteiger partial charge in [0.2, 0.25) is 5.91 Å². The number of sulfone groups is 1. The van der Waals surface area contributed by atoms with E-state index in [0.29, 0.717) is 19.4 Å². The molecule has 1 aromatic carbocycles. The van der Waals surface area contributed by atoms with E-state index in [-0.39, 0.29) is 29.4 Å². The van der Waals surface area contributed by atoms with Crippen molar-refractivity contribution in [3.8, 4) is 0 Å². The van der Waals surface area contributed by atoms with Gasteiger partial charge in [0.05, 0.1) is 11.5 Å². The van der Waals surface area contributed by atoms with Gasteiger partial charge in [-0.2, -0.15) is 0 Å². The summed E-state index contributed by atoms with van der Waals surface area (Å²) in [6, 6.07) is 9.57. The molecule has 1 aliphatic heterocycles. The van der Waals surface area contributed by atoms with Crippen molar-refractivity contribution in [1.82, 2.24) is 4.90 Å². The van der Waals surface area contributed by atoms with Gasteiger partial charge in [0.1, 0.15) is 0 Å². The van der Waals surface area contributed by atoms with Gasteiger partial charge in [0.15, 0.2) is 9.84 Å². The second-order valence-corrected chi connectivity index (χ2v) is 8.39. The molecule has 116 valence electrons. The zero-order valence-electron chi connectivity index (χ0n) is 12.7. The zero-order valence-corrected chi connectivity index (χ0v) is 13.5. The van der Waals surface area contributed by atoms with Gasteiger partial charge in [0, 0.05) is 19.0 Å². The van der Waals surface area contributed by atoms with Crippen LogP contribution in [0.2, 0.25) is 0 Å². The molecule has 1 heterocycles. The van der Waals surface area contributed by atoms with Gasteiger partial charge in [-0.15, -0.1) is 0 Å². The largest absolute Gasteiger partial charge is 0.334 e. The average Bonchev–Trinajstić information content (AvgIpc) is 2.76. The molecule has 0 saturated carbocycles. The molecule has 1 amide bonds. The molecule has 21 heavy (non-hydrogen) atoms. The van der Waals surface area contributed by atoms with Crippen molar-refractivity contribution in [2.24, 2.45) is 5.92 Å². The van der Waals surface area contributed by atoms with E-state index in [0.717, 1.165) is 5.56 Å². The van der Waals surface area contributed by atoms with Crippen molar-refractivity contribution in [3.63, 3.8) is 0 Å². The van der Waals surface area contributed by atoms with Crippen molar-refractivity contribution >= 4 is 15.7 Å². The van der Waals surface area contributed by atoms with Gasteiger partial charge in [-0.1, -0.05) is 44.2 Å². The Morgan fingerprint density at radius 1 is 1.29 bits per heavy atom. The molecule has 0 spiro atoms. The van der Waals surface area contributed by atoms with Crippen molar-refractivity contribution in [3.05, 3.63) is 35.9 Å². The van der Waals surface area contributed by atoms with Crippen LogP contribution in [-0.2, 0) is 21.2 Å². The van der Waals surface area contributed by atoms with Crippen LogP contribution in [0, 0.1) is 5.92 Å². The lowest BCUT2D eigenvalue weighted by Gasteiger charge is -2.29. The fourth-order valence-electron chi connectivity index (χ4n) is 2.69. The summed E-state index contributed by atoms with van der Waals surface area (Å²) in [7, 11) is -2.99. The highest BCUT2D eigenvalue weighted by Gasteiger charge is 2.34. The lowest BCUT2D eigenvalue weighted by molar-refractivity contribution is -0.134. The van der Waals surface area contributed by atoms with E-state index in [1.807, 2.05) is 44.2 Å². The van der Waals surface area contributed by atoms with Crippen molar-refractivity contribution in [2.75, 3.05) is 11.5 Å². The van der Waals surface area contributed by atoms with Crippen molar-refractivity contribution < 1.29 is 13.2 Å². The molecule has 0 unspecified atom stereocenters. The number of hydrogen-bond acceptors (Lipinski definition) is 3. The van der Waals surface area contributed by atoms with Gasteiger partial charge in [-0.25, -0.2) is 8.42 Å². The molecule has 1 atom stereocenters. The minimum Gasteiger partial charge on any atom is -0.334 e. The van der Waals surface area contributed by atoms with E-state index in [1.165, 1.54) is 0 Å². The highest BCUT2D eigenvalue weighted by molar-refractivity contribution is 7.91. The third-order valence-corrected chi connectivity index (χ3v) is 5.50. The summed E-state index contributed by atoms with van der Waals surface area (Å²) < 4.78 is 23.4. The first-order chi connectivity index (χ1) is 9.87. The van der Waals surface area contributed by atoms with Crippen LogP contribution in [0.5, 0.6) is 0 Å². The standard InChI is InChI=1S/C16H23NO3S/c1-13(2)10-16(18)17(11-14-6-4-3-5-7-14)15-8-9-21(19,20)12-15/h3-7,13,15H,8-12H2,1-2H3/t15-/m1/s1. The van der Waals surface area contributed by atoms with Crippen molar-refractivity contribution in [1.29, 1.82) is 0 Å². The van der Waals surface area contributed by atoms with Gasteiger partial charge < -0.3 is 4.90 Å². The van der Waals surface area contributed by atoms with E-state index in [4.69, 9.17) is 0 Å². The molecular weight excluding hydrogens is 286 g/mol. The third-order valence-electron chi connectivity index (χ3n) is 3.75. The average molecular weight is 309 g/mol. The van der Waals surface area contributed by atoms with Crippen LogP contribution in [0.15, 0.2) is 30.3 Å². The van der Waals surface area contributed by atoms with E-state index >= 15 is 0 Å². The third kappa shape index (κ3) is 4.56. The van der Waals surface area contributed by atoms with E-state index in [1.54, 1.807) is 4.90 Å². The fraction of sp³-hybridized carbons (Fsp3) is 0.562. The summed E-state index contributed by atoms with van der Waals surface area (Å²) in [4.78, 5) is 14.3. The van der Waals surface area contributed by atoms with Crippen LogP contribution >= 0.6 is 0 Å². The van der Waals surface area contributed by atoms with Crippen LogP contribution in [0.4, 0.5) is 0 Å². The molecule has 0 radical (unpaired) electrons. The summed E-state index contributed by atoms with van der Waals surface area (Å²) in [5.74, 6) is 0.617. The topological polar surface area (TPSA) is 54.5 Å². The normalized spacial score (nSPS) is 20.6. The Balaban J connectivity index is 2.16. The van der Waals surface area contributed by atoms with Gasteiger partial charge in [0.25, 0.3) is 0 Å². The number of hydrogen-bond donors (Lipinski definition) is 0. The van der Waals surface area contributed by atoms with E-state index in [9.17, 15) is 13.2 Å². The lowest BCUT2D eigenvalue weighted by atomic mass is 10.1. The molecule has 1 aromatic rings. The fourth-order valence-corrected chi connectivity index (χ4v) is 4.42. The van der Waals surface area contributed by atoms with Gasteiger partial charge in [-0.3, -0.25) is 4.79 Å². The molecule has 0 aromatic heterocycles. The zero-order chi connectivity index (χ0) is 15.5.